The zero-order valence-corrected chi connectivity index (χ0v) is 14.2. The summed E-state index contributed by atoms with van der Waals surface area (Å²) in [6.45, 7) is 3.66. The molecule has 0 spiro atoms. The number of ether oxygens (including phenoxy) is 1. The van der Waals surface area contributed by atoms with E-state index in [9.17, 15) is 9.59 Å². The van der Waals surface area contributed by atoms with Gasteiger partial charge in [-0.15, -0.1) is 0 Å². The van der Waals surface area contributed by atoms with Gasteiger partial charge in [-0.25, -0.2) is 4.98 Å². The molecule has 0 radical (unpaired) electrons. The number of fused-ring (bicyclic) bond motifs is 1. The van der Waals surface area contributed by atoms with Crippen molar-refractivity contribution >= 4 is 16.9 Å². The van der Waals surface area contributed by atoms with Crippen LogP contribution in [-0.2, 0) is 9.53 Å². The van der Waals surface area contributed by atoms with Crippen LogP contribution < -0.4 is 5.56 Å². The standard InChI is InChI=1S/C20H20N2O3/c1-3-15(14-9-5-4-6-10-14)20(24)25-13(2)18-21-17-12-8-7-11-16(17)19(23)22-18/h4-13,15H,3H2,1-2H3,(H,21,22,23)/t13-,15+/m1/s1. The van der Waals surface area contributed by atoms with Crippen LogP contribution >= 0.6 is 0 Å². The lowest BCUT2D eigenvalue weighted by Gasteiger charge is -2.18. The van der Waals surface area contributed by atoms with Gasteiger partial charge in [0, 0.05) is 0 Å². The Balaban J connectivity index is 1.83. The Morgan fingerprint density at radius 1 is 1.12 bits per heavy atom. The lowest BCUT2D eigenvalue weighted by molar-refractivity contribution is -0.151. The summed E-state index contributed by atoms with van der Waals surface area (Å²) in [5.41, 5.74) is 1.26. The summed E-state index contributed by atoms with van der Waals surface area (Å²) >= 11 is 0. The van der Waals surface area contributed by atoms with Gasteiger partial charge in [0.1, 0.15) is 0 Å². The topological polar surface area (TPSA) is 72.0 Å². The number of nitrogens with one attached hydrogen (secondary N) is 1. The summed E-state index contributed by atoms with van der Waals surface area (Å²) in [6, 6.07) is 16.6. The van der Waals surface area contributed by atoms with E-state index in [2.05, 4.69) is 9.97 Å². The van der Waals surface area contributed by atoms with Gasteiger partial charge in [-0.1, -0.05) is 49.4 Å². The van der Waals surface area contributed by atoms with E-state index < -0.39 is 6.10 Å². The van der Waals surface area contributed by atoms with Crippen LogP contribution in [0.2, 0.25) is 0 Å². The maximum atomic E-state index is 12.6. The fourth-order valence-corrected chi connectivity index (χ4v) is 2.83. The second kappa shape index (κ2) is 7.30. The number of hydrogen-bond donors (Lipinski definition) is 1. The second-order valence-electron chi connectivity index (χ2n) is 5.92. The maximum absolute atomic E-state index is 12.6. The van der Waals surface area contributed by atoms with E-state index in [0.717, 1.165) is 5.56 Å². The first-order chi connectivity index (χ1) is 12.1. The summed E-state index contributed by atoms with van der Waals surface area (Å²) < 4.78 is 5.58. The number of para-hydroxylation sites is 1. The van der Waals surface area contributed by atoms with Crippen molar-refractivity contribution in [2.24, 2.45) is 0 Å². The highest BCUT2D eigenvalue weighted by Crippen LogP contribution is 2.24. The van der Waals surface area contributed by atoms with E-state index in [1.54, 1.807) is 25.1 Å². The number of aromatic amines is 1. The third kappa shape index (κ3) is 3.60. The first-order valence-electron chi connectivity index (χ1n) is 8.34. The summed E-state index contributed by atoms with van der Waals surface area (Å²) in [5.74, 6) is -0.312. The lowest BCUT2D eigenvalue weighted by atomic mass is 9.97. The van der Waals surface area contributed by atoms with Crippen molar-refractivity contribution in [1.29, 1.82) is 0 Å². The highest BCUT2D eigenvalue weighted by molar-refractivity contribution is 5.79. The number of hydrogen-bond acceptors (Lipinski definition) is 4. The number of H-pyrrole nitrogens is 1. The fourth-order valence-electron chi connectivity index (χ4n) is 2.83. The lowest BCUT2D eigenvalue weighted by Crippen LogP contribution is -2.21. The van der Waals surface area contributed by atoms with Crippen molar-refractivity contribution < 1.29 is 9.53 Å². The number of esters is 1. The minimum Gasteiger partial charge on any atom is -0.454 e. The highest BCUT2D eigenvalue weighted by Gasteiger charge is 2.23. The number of rotatable bonds is 5. The van der Waals surface area contributed by atoms with E-state index in [1.165, 1.54) is 0 Å². The van der Waals surface area contributed by atoms with Gasteiger partial charge in [-0.2, -0.15) is 0 Å². The van der Waals surface area contributed by atoms with E-state index >= 15 is 0 Å². The van der Waals surface area contributed by atoms with Gasteiger partial charge in [-0.3, -0.25) is 9.59 Å². The molecule has 0 saturated carbocycles. The minimum absolute atomic E-state index is 0.237. The summed E-state index contributed by atoms with van der Waals surface area (Å²) in [7, 11) is 0. The normalized spacial score (nSPS) is 13.4. The van der Waals surface area contributed by atoms with Gasteiger partial charge < -0.3 is 9.72 Å². The molecule has 0 aliphatic heterocycles. The largest absolute Gasteiger partial charge is 0.454 e. The van der Waals surface area contributed by atoms with Crippen molar-refractivity contribution in [3.8, 4) is 0 Å². The number of carbonyl (C=O) groups is 1. The first-order valence-corrected chi connectivity index (χ1v) is 8.34. The van der Waals surface area contributed by atoms with Gasteiger partial charge in [0.25, 0.3) is 5.56 Å². The predicted molar refractivity (Wildman–Crippen MR) is 96.3 cm³/mol. The van der Waals surface area contributed by atoms with Crippen molar-refractivity contribution in [3.63, 3.8) is 0 Å². The van der Waals surface area contributed by atoms with Gasteiger partial charge >= 0.3 is 5.97 Å². The van der Waals surface area contributed by atoms with Crippen LogP contribution in [0.1, 0.15) is 43.7 Å². The molecule has 0 fully saturated rings. The van der Waals surface area contributed by atoms with Crippen LogP contribution in [0, 0.1) is 0 Å². The molecule has 1 aromatic heterocycles. The molecule has 3 rings (SSSR count). The number of aromatic nitrogens is 2. The molecule has 3 aromatic rings. The molecule has 0 bridgehead atoms. The number of benzene rings is 2. The molecule has 2 aromatic carbocycles. The van der Waals surface area contributed by atoms with E-state index in [4.69, 9.17) is 4.74 Å². The Morgan fingerprint density at radius 2 is 1.80 bits per heavy atom. The molecule has 5 nitrogen and oxygen atoms in total. The fraction of sp³-hybridized carbons (Fsp3) is 0.250. The molecule has 128 valence electrons. The van der Waals surface area contributed by atoms with Gasteiger partial charge in [-0.05, 0) is 31.0 Å². The Kier molecular flexibility index (Phi) is 4.93. The molecular weight excluding hydrogens is 316 g/mol. The summed E-state index contributed by atoms with van der Waals surface area (Å²) in [6.07, 6.45) is -0.000365. The van der Waals surface area contributed by atoms with E-state index in [-0.39, 0.29) is 17.4 Å². The summed E-state index contributed by atoms with van der Waals surface area (Å²) in [4.78, 5) is 31.9. The van der Waals surface area contributed by atoms with Gasteiger partial charge in [0.2, 0.25) is 0 Å². The monoisotopic (exact) mass is 336 g/mol. The second-order valence-corrected chi connectivity index (χ2v) is 5.92. The number of nitrogens with zero attached hydrogens (tertiary/aromatic N) is 1. The molecule has 0 amide bonds. The zero-order chi connectivity index (χ0) is 17.8. The Labute approximate surface area is 145 Å². The van der Waals surface area contributed by atoms with E-state index in [0.29, 0.717) is 23.1 Å². The molecule has 25 heavy (non-hydrogen) atoms. The van der Waals surface area contributed by atoms with Crippen LogP contribution in [0.15, 0.2) is 59.4 Å². The molecule has 0 aliphatic carbocycles. The average molecular weight is 336 g/mol. The summed E-state index contributed by atoms with van der Waals surface area (Å²) in [5, 5.41) is 0.514. The highest BCUT2D eigenvalue weighted by atomic mass is 16.5. The predicted octanol–water partition coefficient (Wildman–Crippen LogP) is 3.72. The van der Waals surface area contributed by atoms with Crippen molar-refractivity contribution in [3.05, 3.63) is 76.3 Å². The molecule has 0 unspecified atom stereocenters. The zero-order valence-electron chi connectivity index (χ0n) is 14.2. The average Bonchev–Trinajstić information content (AvgIpc) is 2.63. The van der Waals surface area contributed by atoms with Gasteiger partial charge in [0.15, 0.2) is 11.9 Å². The van der Waals surface area contributed by atoms with Crippen molar-refractivity contribution in [1.82, 2.24) is 9.97 Å². The van der Waals surface area contributed by atoms with Crippen LogP contribution in [0.25, 0.3) is 10.9 Å². The van der Waals surface area contributed by atoms with Crippen LogP contribution in [0.4, 0.5) is 0 Å². The Hall–Kier alpha value is -2.95. The first kappa shape index (κ1) is 16.9. The Morgan fingerprint density at radius 3 is 2.52 bits per heavy atom. The Bertz CT molecular complexity index is 934. The maximum Gasteiger partial charge on any atom is 0.314 e. The third-order valence-electron chi connectivity index (χ3n) is 4.20. The minimum atomic E-state index is -0.637. The van der Waals surface area contributed by atoms with Crippen molar-refractivity contribution in [2.75, 3.05) is 0 Å². The molecule has 1 heterocycles. The smallest absolute Gasteiger partial charge is 0.314 e. The SMILES string of the molecule is CC[C@H](C(=O)O[C@H](C)c1nc2ccccc2c(=O)[nH]1)c1ccccc1. The molecule has 2 atom stereocenters. The van der Waals surface area contributed by atoms with Gasteiger partial charge in [0.05, 0.1) is 16.8 Å². The van der Waals surface area contributed by atoms with E-state index in [1.807, 2.05) is 43.3 Å². The van der Waals surface area contributed by atoms with Crippen LogP contribution in [-0.4, -0.2) is 15.9 Å². The molecular formula is C20H20N2O3. The molecule has 5 heteroatoms. The molecule has 1 N–H and O–H groups in total. The molecule has 0 saturated heterocycles. The van der Waals surface area contributed by atoms with Crippen LogP contribution in [0.3, 0.4) is 0 Å². The number of carbonyl (C=O) groups excluding carboxylic acids is 1. The van der Waals surface area contributed by atoms with Crippen LogP contribution in [0.5, 0.6) is 0 Å². The van der Waals surface area contributed by atoms with Crippen molar-refractivity contribution in [2.45, 2.75) is 32.3 Å². The molecule has 0 aliphatic rings. The quantitative estimate of drug-likeness (QED) is 0.721. The third-order valence-corrected chi connectivity index (χ3v) is 4.20.